The fraction of sp³-hybridized carbons (Fsp3) is 0.364. The highest BCUT2D eigenvalue weighted by atomic mass is 35.5. The van der Waals surface area contributed by atoms with E-state index in [1.165, 1.54) is 0 Å². The fourth-order valence-electron chi connectivity index (χ4n) is 1.22. The van der Waals surface area contributed by atoms with Crippen molar-refractivity contribution >= 4 is 63.8 Å². The Labute approximate surface area is 130 Å². The highest BCUT2D eigenvalue weighted by molar-refractivity contribution is 6.55. The molecule has 0 heterocycles. The van der Waals surface area contributed by atoms with Crippen molar-refractivity contribution in [3.63, 3.8) is 0 Å². The van der Waals surface area contributed by atoms with Crippen LogP contribution in [-0.4, -0.2) is 11.9 Å². The summed E-state index contributed by atoms with van der Waals surface area (Å²) in [6, 6.07) is 0. The van der Waals surface area contributed by atoms with Crippen molar-refractivity contribution in [1.29, 1.82) is 0 Å². The maximum absolute atomic E-state index is 11.5. The monoisotopic (exact) mass is 348 g/mol. The zero-order valence-electron chi connectivity index (χ0n) is 9.49. The maximum atomic E-state index is 11.5. The van der Waals surface area contributed by atoms with Crippen LogP contribution in [-0.2, 0) is 4.79 Å². The number of carbonyl (C=O) groups excluding carboxylic acids is 1. The molecular weight excluding hydrogens is 341 g/mol. The molecule has 0 radical (unpaired) electrons. The minimum atomic E-state index is -0.696. The molecule has 0 aliphatic rings. The number of hydrogen-bond donors (Lipinski definition) is 0. The summed E-state index contributed by atoms with van der Waals surface area (Å²) < 4.78 is 5.40. The number of Topliss-reactive ketones (excluding diaryl/α,β-unsaturated/α-hetero) is 1. The van der Waals surface area contributed by atoms with Crippen molar-refractivity contribution in [2.24, 2.45) is 0 Å². The van der Waals surface area contributed by atoms with Gasteiger partial charge in [-0.1, -0.05) is 64.9 Å². The molecule has 1 atom stereocenters. The Hall–Kier alpha value is 0.140. The van der Waals surface area contributed by atoms with Gasteiger partial charge in [0.25, 0.3) is 0 Å². The van der Waals surface area contributed by atoms with E-state index in [0.717, 1.165) is 0 Å². The van der Waals surface area contributed by atoms with Gasteiger partial charge in [-0.05, 0) is 6.92 Å². The number of halogens is 5. The average Bonchev–Trinajstić information content (AvgIpc) is 2.37. The standard InChI is InChI=1S/C11H9Cl5O2/c1-3-5(17)4(2)18-11-9(15)7(13)6(12)8(14)10(11)16/h4H,3H2,1-2H3. The number of rotatable bonds is 4. The number of benzene rings is 1. The quantitative estimate of drug-likeness (QED) is 0.514. The molecule has 0 amide bonds. The predicted molar refractivity (Wildman–Crippen MR) is 76.9 cm³/mol. The van der Waals surface area contributed by atoms with Gasteiger partial charge in [0.15, 0.2) is 17.6 Å². The first kappa shape index (κ1) is 16.2. The average molecular weight is 350 g/mol. The predicted octanol–water partition coefficient (Wildman–Crippen LogP) is 5.70. The van der Waals surface area contributed by atoms with Crippen molar-refractivity contribution in [3.8, 4) is 5.75 Å². The van der Waals surface area contributed by atoms with Gasteiger partial charge in [-0.3, -0.25) is 4.79 Å². The van der Waals surface area contributed by atoms with Gasteiger partial charge in [-0.25, -0.2) is 0 Å². The molecule has 0 bridgehead atoms. The molecule has 100 valence electrons. The minimum absolute atomic E-state index is 0.0341. The van der Waals surface area contributed by atoms with Gasteiger partial charge in [0, 0.05) is 6.42 Å². The lowest BCUT2D eigenvalue weighted by molar-refractivity contribution is -0.124. The maximum Gasteiger partial charge on any atom is 0.172 e. The number of ketones is 1. The van der Waals surface area contributed by atoms with Crippen LogP contribution in [0.1, 0.15) is 20.3 Å². The molecule has 1 unspecified atom stereocenters. The molecule has 18 heavy (non-hydrogen) atoms. The van der Waals surface area contributed by atoms with Gasteiger partial charge in [0.1, 0.15) is 10.0 Å². The zero-order valence-corrected chi connectivity index (χ0v) is 13.3. The van der Waals surface area contributed by atoms with E-state index < -0.39 is 6.10 Å². The van der Waals surface area contributed by atoms with Crippen molar-refractivity contribution in [1.82, 2.24) is 0 Å². The Balaban J connectivity index is 3.22. The highest BCUT2D eigenvalue weighted by Crippen LogP contribution is 2.48. The Morgan fingerprint density at radius 3 is 1.78 bits per heavy atom. The molecule has 1 aromatic rings. The summed E-state index contributed by atoms with van der Waals surface area (Å²) in [6.07, 6.45) is -0.357. The van der Waals surface area contributed by atoms with Crippen LogP contribution in [0.5, 0.6) is 5.75 Å². The van der Waals surface area contributed by atoms with Crippen molar-refractivity contribution < 1.29 is 9.53 Å². The first-order valence-electron chi connectivity index (χ1n) is 5.02. The van der Waals surface area contributed by atoms with E-state index in [0.29, 0.717) is 6.42 Å². The zero-order chi connectivity index (χ0) is 14.0. The van der Waals surface area contributed by atoms with E-state index in [9.17, 15) is 4.79 Å². The third-order valence-electron chi connectivity index (χ3n) is 2.27. The Kier molecular flexibility index (Phi) is 5.88. The van der Waals surface area contributed by atoms with Crippen molar-refractivity contribution in [2.75, 3.05) is 0 Å². The van der Waals surface area contributed by atoms with E-state index in [2.05, 4.69) is 0 Å². The van der Waals surface area contributed by atoms with Gasteiger partial charge in [-0.2, -0.15) is 0 Å². The van der Waals surface area contributed by atoms with Crippen LogP contribution in [0.15, 0.2) is 0 Å². The summed E-state index contributed by atoms with van der Waals surface area (Å²) in [5.74, 6) is -0.0311. The third kappa shape index (κ3) is 3.17. The lowest BCUT2D eigenvalue weighted by Crippen LogP contribution is -2.23. The SMILES string of the molecule is CCC(=O)C(C)Oc1c(Cl)c(Cl)c(Cl)c(Cl)c1Cl. The second kappa shape index (κ2) is 6.53. The topological polar surface area (TPSA) is 26.3 Å². The second-order valence-corrected chi connectivity index (χ2v) is 5.37. The minimum Gasteiger partial charge on any atom is -0.480 e. The first-order chi connectivity index (χ1) is 8.31. The van der Waals surface area contributed by atoms with Gasteiger partial charge in [-0.15, -0.1) is 0 Å². The highest BCUT2D eigenvalue weighted by Gasteiger charge is 2.23. The normalized spacial score (nSPS) is 12.4. The number of carbonyl (C=O) groups is 1. The summed E-state index contributed by atoms with van der Waals surface area (Å²) in [5, 5.41) is 0.201. The largest absolute Gasteiger partial charge is 0.480 e. The Bertz CT molecular complexity index is 458. The Morgan fingerprint density at radius 2 is 1.39 bits per heavy atom. The number of hydrogen-bond acceptors (Lipinski definition) is 2. The molecule has 0 N–H and O–H groups in total. The van der Waals surface area contributed by atoms with Crippen LogP contribution in [0.25, 0.3) is 0 Å². The summed E-state index contributed by atoms with van der Waals surface area (Å²) in [5.41, 5.74) is 0. The molecule has 7 heteroatoms. The van der Waals surface area contributed by atoms with Crippen LogP contribution >= 0.6 is 58.0 Å². The lowest BCUT2D eigenvalue weighted by atomic mass is 10.2. The molecule has 0 aromatic heterocycles. The third-order valence-corrected chi connectivity index (χ3v) is 4.51. The molecule has 1 rings (SSSR count). The van der Waals surface area contributed by atoms with Crippen LogP contribution in [0.2, 0.25) is 25.1 Å². The fourth-order valence-corrected chi connectivity index (χ4v) is 2.43. The van der Waals surface area contributed by atoms with Gasteiger partial charge in [0.2, 0.25) is 0 Å². The van der Waals surface area contributed by atoms with E-state index in [-0.39, 0.29) is 36.6 Å². The van der Waals surface area contributed by atoms with Crippen LogP contribution in [0.3, 0.4) is 0 Å². The van der Waals surface area contributed by atoms with Gasteiger partial charge < -0.3 is 4.74 Å². The van der Waals surface area contributed by atoms with Crippen LogP contribution < -0.4 is 4.74 Å². The van der Waals surface area contributed by atoms with Gasteiger partial charge in [0.05, 0.1) is 15.1 Å². The summed E-state index contributed by atoms with van der Waals surface area (Å²) >= 11 is 29.5. The van der Waals surface area contributed by atoms with E-state index in [4.69, 9.17) is 62.7 Å². The summed E-state index contributed by atoms with van der Waals surface area (Å²) in [6.45, 7) is 3.32. The van der Waals surface area contributed by atoms with Gasteiger partial charge >= 0.3 is 0 Å². The molecule has 1 aromatic carbocycles. The molecular formula is C11H9Cl5O2. The van der Waals surface area contributed by atoms with E-state index in [1.54, 1.807) is 13.8 Å². The van der Waals surface area contributed by atoms with E-state index in [1.807, 2.05) is 0 Å². The second-order valence-electron chi connectivity index (χ2n) is 3.48. The Morgan fingerprint density at radius 1 is 1.00 bits per heavy atom. The molecule has 0 spiro atoms. The van der Waals surface area contributed by atoms with E-state index >= 15 is 0 Å². The van der Waals surface area contributed by atoms with Crippen molar-refractivity contribution in [3.05, 3.63) is 25.1 Å². The molecule has 0 saturated carbocycles. The number of ether oxygens (including phenoxy) is 1. The molecule has 0 fully saturated rings. The first-order valence-corrected chi connectivity index (χ1v) is 6.91. The molecule has 0 aliphatic heterocycles. The van der Waals surface area contributed by atoms with Crippen LogP contribution in [0, 0.1) is 0 Å². The summed E-state index contributed by atoms with van der Waals surface area (Å²) in [7, 11) is 0. The lowest BCUT2D eigenvalue weighted by Gasteiger charge is -2.17. The van der Waals surface area contributed by atoms with Crippen molar-refractivity contribution in [2.45, 2.75) is 26.4 Å². The summed E-state index contributed by atoms with van der Waals surface area (Å²) in [4.78, 5) is 11.5. The molecule has 0 aliphatic carbocycles. The molecule has 0 saturated heterocycles. The smallest absolute Gasteiger partial charge is 0.172 e. The van der Waals surface area contributed by atoms with Crippen LogP contribution in [0.4, 0.5) is 0 Å². The molecule has 2 nitrogen and oxygen atoms in total.